The van der Waals surface area contributed by atoms with E-state index in [-0.39, 0.29) is 18.3 Å². The SMILES string of the molecule is NC(N)=Nc1ccc(C(=O)Nc2ccccc2OC(CC(=O)O)c2ccccc2)cc1. The largest absolute Gasteiger partial charge is 0.483 e. The molecule has 1 unspecified atom stereocenters. The second kappa shape index (κ2) is 9.93. The zero-order valence-electron chi connectivity index (χ0n) is 16.6. The molecule has 8 nitrogen and oxygen atoms in total. The molecule has 6 N–H and O–H groups in total. The number of guanidine groups is 1. The molecule has 158 valence electrons. The lowest BCUT2D eigenvalue weighted by molar-refractivity contribution is -0.138. The summed E-state index contributed by atoms with van der Waals surface area (Å²) in [5.74, 6) is -1.06. The van der Waals surface area contributed by atoms with Gasteiger partial charge >= 0.3 is 5.97 Å². The molecule has 8 heteroatoms. The molecule has 0 aliphatic carbocycles. The Morgan fingerprint density at radius 1 is 0.935 bits per heavy atom. The normalized spacial score (nSPS) is 11.2. The number of carboxylic acids is 1. The zero-order valence-corrected chi connectivity index (χ0v) is 16.6. The molecule has 0 fully saturated rings. The van der Waals surface area contributed by atoms with Crippen LogP contribution in [-0.4, -0.2) is 22.9 Å². The Labute approximate surface area is 179 Å². The van der Waals surface area contributed by atoms with Gasteiger partial charge in [0, 0.05) is 5.56 Å². The summed E-state index contributed by atoms with van der Waals surface area (Å²) in [7, 11) is 0. The minimum absolute atomic E-state index is 0.0717. The average Bonchev–Trinajstić information content (AvgIpc) is 2.75. The van der Waals surface area contributed by atoms with E-state index < -0.39 is 12.1 Å². The van der Waals surface area contributed by atoms with E-state index in [2.05, 4.69) is 10.3 Å². The van der Waals surface area contributed by atoms with Crippen molar-refractivity contribution in [1.82, 2.24) is 0 Å². The highest BCUT2D eigenvalue weighted by atomic mass is 16.5. The first-order valence-corrected chi connectivity index (χ1v) is 9.46. The fourth-order valence-corrected chi connectivity index (χ4v) is 2.91. The fraction of sp³-hybridized carbons (Fsp3) is 0.0870. The monoisotopic (exact) mass is 418 g/mol. The molecule has 1 atom stereocenters. The minimum Gasteiger partial charge on any atom is -0.483 e. The van der Waals surface area contributed by atoms with Gasteiger partial charge in [-0.05, 0) is 42.0 Å². The van der Waals surface area contributed by atoms with Crippen LogP contribution in [-0.2, 0) is 4.79 Å². The summed E-state index contributed by atoms with van der Waals surface area (Å²) in [5, 5.41) is 12.1. The lowest BCUT2D eigenvalue weighted by atomic mass is 10.1. The Balaban J connectivity index is 1.80. The molecule has 31 heavy (non-hydrogen) atoms. The van der Waals surface area contributed by atoms with Crippen LogP contribution in [0.5, 0.6) is 5.75 Å². The molecular weight excluding hydrogens is 396 g/mol. The number of aliphatic carboxylic acids is 1. The zero-order chi connectivity index (χ0) is 22.2. The molecule has 0 saturated heterocycles. The molecule has 0 bridgehead atoms. The number of carbonyl (C=O) groups is 2. The first kappa shape index (κ1) is 21.4. The van der Waals surface area contributed by atoms with E-state index in [1.807, 2.05) is 18.2 Å². The maximum Gasteiger partial charge on any atom is 0.307 e. The Kier molecular flexibility index (Phi) is 6.85. The molecule has 0 aliphatic heterocycles. The van der Waals surface area contributed by atoms with Gasteiger partial charge in [0.15, 0.2) is 5.96 Å². The number of carboxylic acid groups (broad SMARTS) is 1. The van der Waals surface area contributed by atoms with Crippen LogP contribution in [0.2, 0.25) is 0 Å². The second-order valence-electron chi connectivity index (χ2n) is 6.65. The van der Waals surface area contributed by atoms with Gasteiger partial charge in [-0.15, -0.1) is 0 Å². The molecule has 0 spiro atoms. The first-order chi connectivity index (χ1) is 14.9. The van der Waals surface area contributed by atoms with Crippen molar-refractivity contribution < 1.29 is 19.4 Å². The van der Waals surface area contributed by atoms with Crippen molar-refractivity contribution in [2.75, 3.05) is 5.32 Å². The van der Waals surface area contributed by atoms with E-state index in [1.165, 1.54) is 0 Å². The first-order valence-electron chi connectivity index (χ1n) is 9.46. The highest BCUT2D eigenvalue weighted by molar-refractivity contribution is 6.05. The number of para-hydroxylation sites is 2. The number of nitrogens with one attached hydrogen (secondary N) is 1. The van der Waals surface area contributed by atoms with Crippen molar-refractivity contribution >= 4 is 29.2 Å². The lowest BCUT2D eigenvalue weighted by Crippen LogP contribution is -2.21. The number of carbonyl (C=O) groups excluding carboxylic acids is 1. The van der Waals surface area contributed by atoms with Crippen molar-refractivity contribution in [3.8, 4) is 5.75 Å². The number of nitrogens with zero attached hydrogens (tertiary/aromatic N) is 1. The quantitative estimate of drug-likeness (QED) is 0.326. The maximum atomic E-state index is 12.7. The summed E-state index contributed by atoms with van der Waals surface area (Å²) in [5.41, 5.74) is 12.8. The topological polar surface area (TPSA) is 140 Å². The second-order valence-corrected chi connectivity index (χ2v) is 6.65. The third kappa shape index (κ3) is 6.07. The van der Waals surface area contributed by atoms with Gasteiger partial charge in [-0.25, -0.2) is 4.99 Å². The van der Waals surface area contributed by atoms with Crippen molar-refractivity contribution in [2.24, 2.45) is 16.5 Å². The molecule has 1 amide bonds. The smallest absolute Gasteiger partial charge is 0.307 e. The van der Waals surface area contributed by atoms with E-state index in [4.69, 9.17) is 16.2 Å². The van der Waals surface area contributed by atoms with Crippen LogP contribution in [0.1, 0.15) is 28.4 Å². The van der Waals surface area contributed by atoms with Gasteiger partial charge < -0.3 is 26.6 Å². The number of hydrogen-bond donors (Lipinski definition) is 4. The van der Waals surface area contributed by atoms with Crippen molar-refractivity contribution in [1.29, 1.82) is 0 Å². The van der Waals surface area contributed by atoms with Gasteiger partial charge in [-0.3, -0.25) is 9.59 Å². The third-order valence-electron chi connectivity index (χ3n) is 4.32. The number of ether oxygens (including phenoxy) is 1. The highest BCUT2D eigenvalue weighted by Crippen LogP contribution is 2.31. The number of anilines is 1. The summed E-state index contributed by atoms with van der Waals surface area (Å²) in [6.45, 7) is 0. The van der Waals surface area contributed by atoms with Gasteiger partial charge in [0.25, 0.3) is 5.91 Å². The Hall–Kier alpha value is -4.33. The highest BCUT2D eigenvalue weighted by Gasteiger charge is 2.19. The van der Waals surface area contributed by atoms with E-state index in [9.17, 15) is 14.7 Å². The number of amides is 1. The standard InChI is InChI=1S/C23H22N4O4/c24-23(25)26-17-12-10-16(11-13-17)22(30)27-18-8-4-5-9-19(18)31-20(14-21(28)29)15-6-2-1-3-7-15/h1-13,20H,14H2,(H,27,30)(H,28,29)(H4,24,25,26). The molecular formula is C23H22N4O4. The summed E-state index contributed by atoms with van der Waals surface area (Å²) in [6, 6.07) is 22.4. The van der Waals surface area contributed by atoms with Crippen LogP contribution < -0.4 is 21.5 Å². The van der Waals surface area contributed by atoms with E-state index in [0.29, 0.717) is 22.7 Å². The summed E-state index contributed by atoms with van der Waals surface area (Å²) >= 11 is 0. The molecule has 0 saturated carbocycles. The van der Waals surface area contributed by atoms with Crippen LogP contribution in [0.3, 0.4) is 0 Å². The molecule has 3 aromatic carbocycles. The van der Waals surface area contributed by atoms with Gasteiger partial charge in [0.1, 0.15) is 11.9 Å². The number of hydrogen-bond acceptors (Lipinski definition) is 4. The molecule has 3 rings (SSSR count). The summed E-state index contributed by atoms with van der Waals surface area (Å²) < 4.78 is 6.00. The third-order valence-corrected chi connectivity index (χ3v) is 4.32. The van der Waals surface area contributed by atoms with Gasteiger partial charge in [-0.1, -0.05) is 42.5 Å². The van der Waals surface area contributed by atoms with Gasteiger partial charge in [0.2, 0.25) is 0 Å². The summed E-state index contributed by atoms with van der Waals surface area (Å²) in [6.07, 6.45) is -0.936. The van der Waals surface area contributed by atoms with Gasteiger partial charge in [-0.2, -0.15) is 0 Å². The average molecular weight is 418 g/mol. The van der Waals surface area contributed by atoms with Crippen LogP contribution in [0.4, 0.5) is 11.4 Å². The van der Waals surface area contributed by atoms with Crippen LogP contribution >= 0.6 is 0 Å². The van der Waals surface area contributed by atoms with Crippen LogP contribution in [0.15, 0.2) is 83.9 Å². The number of benzene rings is 3. The minimum atomic E-state index is -0.990. The molecule has 0 radical (unpaired) electrons. The number of nitrogens with two attached hydrogens (primary N) is 2. The maximum absolute atomic E-state index is 12.7. The Morgan fingerprint density at radius 3 is 2.23 bits per heavy atom. The fourth-order valence-electron chi connectivity index (χ4n) is 2.91. The van der Waals surface area contributed by atoms with E-state index in [0.717, 1.165) is 5.56 Å². The van der Waals surface area contributed by atoms with Crippen molar-refractivity contribution in [3.05, 3.63) is 90.0 Å². The summed E-state index contributed by atoms with van der Waals surface area (Å²) in [4.78, 5) is 27.9. The van der Waals surface area contributed by atoms with Crippen molar-refractivity contribution in [3.63, 3.8) is 0 Å². The van der Waals surface area contributed by atoms with Crippen molar-refractivity contribution in [2.45, 2.75) is 12.5 Å². The molecule has 0 heterocycles. The van der Waals surface area contributed by atoms with Crippen LogP contribution in [0, 0.1) is 0 Å². The van der Waals surface area contributed by atoms with Gasteiger partial charge in [0.05, 0.1) is 17.8 Å². The number of aliphatic imine (C=N–C) groups is 1. The Bertz CT molecular complexity index is 1080. The Morgan fingerprint density at radius 2 is 1.58 bits per heavy atom. The van der Waals surface area contributed by atoms with E-state index >= 15 is 0 Å². The van der Waals surface area contributed by atoms with Crippen LogP contribution in [0.25, 0.3) is 0 Å². The molecule has 0 aliphatic rings. The molecule has 3 aromatic rings. The number of rotatable bonds is 8. The lowest BCUT2D eigenvalue weighted by Gasteiger charge is -2.20. The predicted octanol–water partition coefficient (Wildman–Crippen LogP) is 3.44. The molecule has 0 aromatic heterocycles. The predicted molar refractivity (Wildman–Crippen MR) is 118 cm³/mol. The van der Waals surface area contributed by atoms with E-state index in [1.54, 1.807) is 60.7 Å².